The summed E-state index contributed by atoms with van der Waals surface area (Å²) in [6.45, 7) is 6.87. The summed E-state index contributed by atoms with van der Waals surface area (Å²) in [5.74, 6) is 0.270. The van der Waals surface area contributed by atoms with E-state index < -0.39 is 0 Å². The van der Waals surface area contributed by atoms with E-state index in [9.17, 15) is 9.59 Å². The molecule has 1 aromatic rings. The summed E-state index contributed by atoms with van der Waals surface area (Å²) in [6.07, 6.45) is 3.71. The van der Waals surface area contributed by atoms with Crippen molar-refractivity contribution >= 4 is 28.3 Å². The van der Waals surface area contributed by atoms with E-state index in [2.05, 4.69) is 17.2 Å². The molecule has 3 rings (SSSR count). The summed E-state index contributed by atoms with van der Waals surface area (Å²) < 4.78 is 0. The second kappa shape index (κ2) is 6.70. The molecule has 0 radical (unpaired) electrons. The Bertz CT molecular complexity index is 643. The summed E-state index contributed by atoms with van der Waals surface area (Å²) >= 11 is 1.39. The number of nitrogens with zero attached hydrogens (tertiary/aromatic N) is 3. The van der Waals surface area contributed by atoms with Crippen LogP contribution in [0.15, 0.2) is 0 Å². The highest BCUT2D eigenvalue weighted by Gasteiger charge is 2.49. The van der Waals surface area contributed by atoms with Crippen molar-refractivity contribution in [2.45, 2.75) is 39.5 Å². The molecule has 132 valence electrons. The van der Waals surface area contributed by atoms with Gasteiger partial charge in [-0.1, -0.05) is 18.3 Å². The van der Waals surface area contributed by atoms with Crippen LogP contribution in [0, 0.1) is 12.3 Å². The van der Waals surface area contributed by atoms with Gasteiger partial charge in [-0.3, -0.25) is 9.59 Å². The van der Waals surface area contributed by atoms with Gasteiger partial charge in [0, 0.05) is 33.2 Å². The number of nitrogens with one attached hydrogen (secondary N) is 1. The number of carbonyl (C=O) groups excluding carboxylic acids is 2. The van der Waals surface area contributed by atoms with Crippen LogP contribution in [0.5, 0.6) is 0 Å². The molecule has 0 bridgehead atoms. The summed E-state index contributed by atoms with van der Waals surface area (Å²) in [7, 11) is 1.81. The largest absolute Gasteiger partial charge is 0.365 e. The molecule has 2 amide bonds. The Morgan fingerprint density at radius 2 is 2.17 bits per heavy atom. The number of amides is 2. The van der Waals surface area contributed by atoms with Crippen LogP contribution in [0.1, 0.15) is 48.0 Å². The molecule has 1 atom stereocenters. The van der Waals surface area contributed by atoms with Crippen molar-refractivity contribution in [1.29, 1.82) is 0 Å². The first-order valence-electron chi connectivity index (χ1n) is 8.74. The number of rotatable bonds is 4. The van der Waals surface area contributed by atoms with Crippen molar-refractivity contribution in [3.05, 3.63) is 10.6 Å². The molecule has 1 spiro atoms. The third-order valence-electron chi connectivity index (χ3n) is 5.16. The molecule has 7 heteroatoms. The van der Waals surface area contributed by atoms with E-state index in [0.717, 1.165) is 49.6 Å². The fourth-order valence-corrected chi connectivity index (χ4v) is 4.79. The van der Waals surface area contributed by atoms with Gasteiger partial charge in [-0.2, -0.15) is 0 Å². The zero-order valence-corrected chi connectivity index (χ0v) is 15.5. The van der Waals surface area contributed by atoms with Crippen LogP contribution in [0.4, 0.5) is 5.13 Å². The molecule has 0 aliphatic carbocycles. The SMILES string of the molecule is CCCN1CCC[C@]2(CCN(C(=O)c3sc(NC)nc3C)C2)C1=O. The monoisotopic (exact) mass is 350 g/mol. The van der Waals surface area contributed by atoms with E-state index in [4.69, 9.17) is 0 Å². The molecule has 0 unspecified atom stereocenters. The van der Waals surface area contributed by atoms with Crippen molar-refractivity contribution in [2.24, 2.45) is 5.41 Å². The number of thiazole rings is 1. The third-order valence-corrected chi connectivity index (χ3v) is 6.33. The number of piperidine rings is 1. The maximum Gasteiger partial charge on any atom is 0.265 e. The minimum Gasteiger partial charge on any atom is -0.365 e. The lowest BCUT2D eigenvalue weighted by Crippen LogP contribution is -2.50. The first-order valence-corrected chi connectivity index (χ1v) is 9.56. The average molecular weight is 350 g/mol. The van der Waals surface area contributed by atoms with Crippen LogP contribution in [-0.2, 0) is 4.79 Å². The number of aromatic nitrogens is 1. The normalized spacial score (nSPS) is 24.0. The van der Waals surface area contributed by atoms with Gasteiger partial charge in [-0.15, -0.1) is 0 Å². The van der Waals surface area contributed by atoms with Crippen LogP contribution in [0.3, 0.4) is 0 Å². The molecule has 24 heavy (non-hydrogen) atoms. The lowest BCUT2D eigenvalue weighted by atomic mass is 9.78. The minimum atomic E-state index is -0.354. The van der Waals surface area contributed by atoms with Crippen LogP contribution in [0.25, 0.3) is 0 Å². The van der Waals surface area contributed by atoms with Gasteiger partial charge in [-0.25, -0.2) is 4.98 Å². The van der Waals surface area contributed by atoms with Crippen molar-refractivity contribution in [3.8, 4) is 0 Å². The van der Waals surface area contributed by atoms with Gasteiger partial charge in [0.2, 0.25) is 5.91 Å². The molecule has 0 aromatic carbocycles. The number of anilines is 1. The van der Waals surface area contributed by atoms with Crippen molar-refractivity contribution < 1.29 is 9.59 Å². The molecular weight excluding hydrogens is 324 g/mol. The predicted octanol–water partition coefficient (Wildman–Crippen LogP) is 2.36. The van der Waals surface area contributed by atoms with Gasteiger partial charge >= 0.3 is 0 Å². The van der Waals surface area contributed by atoms with E-state index in [-0.39, 0.29) is 17.2 Å². The molecular formula is C17H26N4O2S. The van der Waals surface area contributed by atoms with Gasteiger partial charge in [0.05, 0.1) is 11.1 Å². The Morgan fingerprint density at radius 3 is 2.83 bits per heavy atom. The predicted molar refractivity (Wildman–Crippen MR) is 95.5 cm³/mol. The fraction of sp³-hybridized carbons (Fsp3) is 0.706. The molecule has 0 saturated carbocycles. The maximum absolute atomic E-state index is 12.9. The Morgan fingerprint density at radius 1 is 1.38 bits per heavy atom. The average Bonchev–Trinajstić information content (AvgIpc) is 3.16. The molecule has 2 saturated heterocycles. The molecule has 1 aromatic heterocycles. The van der Waals surface area contributed by atoms with Crippen LogP contribution in [0.2, 0.25) is 0 Å². The van der Waals surface area contributed by atoms with Crippen molar-refractivity contribution in [2.75, 3.05) is 38.5 Å². The molecule has 2 aliphatic heterocycles. The van der Waals surface area contributed by atoms with E-state index in [1.165, 1.54) is 11.3 Å². The summed E-state index contributed by atoms with van der Waals surface area (Å²) in [5.41, 5.74) is 0.408. The lowest BCUT2D eigenvalue weighted by Gasteiger charge is -2.39. The number of hydrogen-bond acceptors (Lipinski definition) is 5. The third kappa shape index (κ3) is 2.90. The Balaban J connectivity index is 1.75. The molecule has 1 N–H and O–H groups in total. The highest BCUT2D eigenvalue weighted by atomic mass is 32.1. The zero-order valence-electron chi connectivity index (χ0n) is 14.7. The number of aryl methyl sites for hydroxylation is 1. The van der Waals surface area contributed by atoms with Crippen LogP contribution >= 0.6 is 11.3 Å². The quantitative estimate of drug-likeness (QED) is 0.905. The van der Waals surface area contributed by atoms with Crippen molar-refractivity contribution in [1.82, 2.24) is 14.8 Å². The molecule has 3 heterocycles. The Kier molecular flexibility index (Phi) is 4.80. The van der Waals surface area contributed by atoms with Crippen molar-refractivity contribution in [3.63, 3.8) is 0 Å². The number of carbonyl (C=O) groups is 2. The van der Waals surface area contributed by atoms with E-state index in [1.54, 1.807) is 7.05 Å². The van der Waals surface area contributed by atoms with Crippen LogP contribution < -0.4 is 5.32 Å². The topological polar surface area (TPSA) is 65.5 Å². The Hall–Kier alpha value is -1.63. The molecule has 6 nitrogen and oxygen atoms in total. The maximum atomic E-state index is 12.9. The molecule has 2 aliphatic rings. The highest BCUT2D eigenvalue weighted by molar-refractivity contribution is 7.17. The minimum absolute atomic E-state index is 0.0174. The highest BCUT2D eigenvalue weighted by Crippen LogP contribution is 2.41. The standard InChI is InChI=1S/C17H26N4O2S/c1-4-8-20-9-5-6-17(15(20)23)7-10-21(11-17)14(22)13-12(2)19-16(18-3)24-13/h4-11H2,1-3H3,(H,18,19)/t17-/m1/s1. The van der Waals surface area contributed by atoms with Gasteiger partial charge in [0.15, 0.2) is 5.13 Å². The van der Waals surface area contributed by atoms with E-state index in [0.29, 0.717) is 18.0 Å². The van der Waals surface area contributed by atoms with Gasteiger partial charge < -0.3 is 15.1 Å². The first kappa shape index (κ1) is 17.2. The van der Waals surface area contributed by atoms with Gasteiger partial charge in [0.25, 0.3) is 5.91 Å². The number of likely N-dealkylation sites (tertiary alicyclic amines) is 2. The van der Waals surface area contributed by atoms with E-state index >= 15 is 0 Å². The number of hydrogen-bond donors (Lipinski definition) is 1. The molecule has 2 fully saturated rings. The summed E-state index contributed by atoms with van der Waals surface area (Å²) in [5, 5.41) is 3.75. The second-order valence-electron chi connectivity index (χ2n) is 6.84. The van der Waals surface area contributed by atoms with Gasteiger partial charge in [0.1, 0.15) is 4.88 Å². The smallest absolute Gasteiger partial charge is 0.265 e. The summed E-state index contributed by atoms with van der Waals surface area (Å²) in [6, 6.07) is 0. The van der Waals surface area contributed by atoms with E-state index in [1.807, 2.05) is 16.7 Å². The fourth-order valence-electron chi connectivity index (χ4n) is 3.91. The first-order chi connectivity index (χ1) is 11.5. The van der Waals surface area contributed by atoms with Gasteiger partial charge in [-0.05, 0) is 32.6 Å². The second-order valence-corrected chi connectivity index (χ2v) is 7.84. The Labute approximate surface area is 147 Å². The summed E-state index contributed by atoms with van der Waals surface area (Å²) in [4.78, 5) is 34.7. The zero-order chi connectivity index (χ0) is 17.3. The lowest BCUT2D eigenvalue weighted by molar-refractivity contribution is -0.145. The van der Waals surface area contributed by atoms with Crippen LogP contribution in [-0.4, -0.2) is 59.8 Å².